The third-order valence-corrected chi connectivity index (χ3v) is 11.6. The first-order valence-electron chi connectivity index (χ1n) is 23.2. The largest absolute Gasteiger partial charge is 0.457 e. The van der Waals surface area contributed by atoms with Gasteiger partial charge in [0.05, 0.1) is 29.3 Å². The fraction of sp³-hybridized carbons (Fsp3) is 0.145. The first kappa shape index (κ1) is 32.6. The van der Waals surface area contributed by atoms with Gasteiger partial charge >= 0.3 is 0 Å². The SMILES string of the molecule is [2H]c1c([2H])c([2H])c(-c2cc(Oc3ccc4c5ccccc5n(-c5cc(C)ccn5)c4c3)cc(N3CN(c4c(C(C)C)cc(-c5cccc(F)c5)cc4C(C)C)c4ccccc43)c2)c([2H])c1[2H]. The number of para-hydroxylation sites is 3. The molecule has 0 spiro atoms. The Morgan fingerprint density at radius 3 is 2.05 bits per heavy atom. The van der Waals surface area contributed by atoms with Crippen LogP contribution >= 0.6 is 0 Å². The second-order valence-corrected chi connectivity index (χ2v) is 16.3. The fourth-order valence-corrected chi connectivity index (χ4v) is 8.71. The maximum Gasteiger partial charge on any atom is 0.137 e. The first-order chi connectivity index (χ1) is 31.8. The fourth-order valence-electron chi connectivity index (χ4n) is 8.71. The second kappa shape index (κ2) is 15.4. The van der Waals surface area contributed by atoms with Crippen LogP contribution in [-0.2, 0) is 0 Å². The van der Waals surface area contributed by atoms with E-state index in [2.05, 4.69) is 84.5 Å². The molecule has 3 heterocycles. The molecule has 1 aliphatic heterocycles. The van der Waals surface area contributed by atoms with Crippen molar-refractivity contribution in [2.75, 3.05) is 16.5 Å². The summed E-state index contributed by atoms with van der Waals surface area (Å²) >= 11 is 0. The Hall–Kier alpha value is -7.18. The zero-order valence-corrected chi connectivity index (χ0v) is 34.7. The van der Waals surface area contributed by atoms with Crippen LogP contribution in [0.25, 0.3) is 49.9 Å². The minimum absolute atomic E-state index is 0.0789. The molecule has 0 radical (unpaired) electrons. The van der Waals surface area contributed by atoms with Crippen LogP contribution in [0.2, 0.25) is 0 Å². The molecule has 10 rings (SSSR count). The van der Waals surface area contributed by atoms with Crippen LogP contribution in [0.5, 0.6) is 11.5 Å². The molecule has 6 heteroatoms. The Balaban J connectivity index is 1.14. The molecule has 0 atom stereocenters. The molecule has 61 heavy (non-hydrogen) atoms. The Morgan fingerprint density at radius 2 is 1.31 bits per heavy atom. The molecule has 7 aromatic carbocycles. The lowest BCUT2D eigenvalue weighted by atomic mass is 9.87. The number of aryl methyl sites for hydroxylation is 1. The summed E-state index contributed by atoms with van der Waals surface area (Å²) in [5, 5.41) is 2.11. The van der Waals surface area contributed by atoms with Gasteiger partial charge in [-0.1, -0.05) is 100 Å². The minimum atomic E-state index is -0.456. The average Bonchev–Trinajstić information content (AvgIpc) is 3.86. The van der Waals surface area contributed by atoms with Gasteiger partial charge < -0.3 is 14.5 Å². The van der Waals surface area contributed by atoms with Crippen molar-refractivity contribution < 1.29 is 16.0 Å². The van der Waals surface area contributed by atoms with Crippen molar-refractivity contribution in [3.8, 4) is 39.6 Å². The monoisotopic (exact) mass is 803 g/mol. The number of rotatable bonds is 9. The van der Waals surface area contributed by atoms with Gasteiger partial charge in [-0.2, -0.15) is 0 Å². The van der Waals surface area contributed by atoms with E-state index >= 15 is 0 Å². The molecular formula is C55H47FN4O. The molecule has 0 aliphatic carbocycles. The summed E-state index contributed by atoms with van der Waals surface area (Å²) in [6.45, 7) is 11.2. The number of ether oxygens (including phenoxy) is 1. The van der Waals surface area contributed by atoms with Crippen LogP contribution in [0, 0.1) is 12.7 Å². The molecule has 0 saturated carbocycles. The highest BCUT2D eigenvalue weighted by Crippen LogP contribution is 2.50. The predicted molar refractivity (Wildman–Crippen MR) is 251 cm³/mol. The third-order valence-electron chi connectivity index (χ3n) is 11.6. The lowest BCUT2D eigenvalue weighted by Gasteiger charge is -2.30. The summed E-state index contributed by atoms with van der Waals surface area (Å²) in [5.41, 5.74) is 11.2. The Morgan fingerprint density at radius 1 is 0.607 bits per heavy atom. The van der Waals surface area contributed by atoms with Gasteiger partial charge in [-0.05, 0) is 137 Å². The smallest absolute Gasteiger partial charge is 0.137 e. The number of fused-ring (bicyclic) bond motifs is 4. The van der Waals surface area contributed by atoms with Gasteiger partial charge in [0.1, 0.15) is 29.8 Å². The molecule has 5 nitrogen and oxygen atoms in total. The highest BCUT2D eigenvalue weighted by atomic mass is 19.1. The van der Waals surface area contributed by atoms with Gasteiger partial charge in [0.25, 0.3) is 0 Å². The number of nitrogens with zero attached hydrogens (tertiary/aromatic N) is 4. The van der Waals surface area contributed by atoms with E-state index in [-0.39, 0.29) is 35.3 Å². The van der Waals surface area contributed by atoms with E-state index in [1.165, 1.54) is 6.07 Å². The summed E-state index contributed by atoms with van der Waals surface area (Å²) in [5.74, 6) is 1.72. The Bertz CT molecular complexity index is 3340. The summed E-state index contributed by atoms with van der Waals surface area (Å²) in [7, 11) is 0. The Labute approximate surface area is 364 Å². The molecule has 0 amide bonds. The number of aromatic nitrogens is 2. The molecule has 9 aromatic rings. The summed E-state index contributed by atoms with van der Waals surface area (Å²) in [6, 6.07) is 41.2. The third kappa shape index (κ3) is 6.98. The predicted octanol–water partition coefficient (Wildman–Crippen LogP) is 15.2. The van der Waals surface area contributed by atoms with Crippen LogP contribution in [0.15, 0.2) is 170 Å². The van der Waals surface area contributed by atoms with Crippen molar-refractivity contribution >= 4 is 44.6 Å². The van der Waals surface area contributed by atoms with Crippen LogP contribution < -0.4 is 14.5 Å². The van der Waals surface area contributed by atoms with Crippen molar-refractivity contribution in [2.24, 2.45) is 0 Å². The zero-order valence-electron chi connectivity index (χ0n) is 39.7. The van der Waals surface area contributed by atoms with Gasteiger partial charge in [-0.25, -0.2) is 9.37 Å². The topological polar surface area (TPSA) is 33.5 Å². The highest BCUT2D eigenvalue weighted by molar-refractivity contribution is 6.09. The van der Waals surface area contributed by atoms with Gasteiger partial charge in [-0.15, -0.1) is 0 Å². The van der Waals surface area contributed by atoms with Crippen LogP contribution in [0.1, 0.15) is 63.1 Å². The number of anilines is 4. The number of hydrogen-bond acceptors (Lipinski definition) is 4. The molecule has 300 valence electrons. The number of pyridine rings is 1. The highest BCUT2D eigenvalue weighted by Gasteiger charge is 2.32. The minimum Gasteiger partial charge on any atom is -0.457 e. The Kier molecular flexibility index (Phi) is 8.27. The van der Waals surface area contributed by atoms with E-state index in [0.29, 0.717) is 29.4 Å². The van der Waals surface area contributed by atoms with E-state index < -0.39 is 18.1 Å². The van der Waals surface area contributed by atoms with E-state index in [1.807, 2.05) is 79.9 Å². The van der Waals surface area contributed by atoms with E-state index in [4.69, 9.17) is 16.6 Å². The standard InChI is InChI=1S/C55H47FN4O/c1-35(2)48-30-41(39-16-13-17-42(56)27-39)31-49(36(3)4)55(48)59-34-58(51-20-11-12-21-52(51)59)43-28-40(38-14-7-6-8-15-38)29-45(32-43)61-44-22-23-47-46-18-9-10-19-50(46)60(53(47)33-44)54-26-37(5)24-25-57-54/h6-33,35-36H,34H2,1-5H3/i6D,7D,8D,14D,15D. The van der Waals surface area contributed by atoms with Crippen molar-refractivity contribution in [2.45, 2.75) is 46.5 Å². The average molecular weight is 804 g/mol. The molecule has 1 aliphatic rings. The molecular weight excluding hydrogens is 752 g/mol. The first-order valence-corrected chi connectivity index (χ1v) is 20.7. The van der Waals surface area contributed by atoms with Crippen molar-refractivity contribution in [3.63, 3.8) is 0 Å². The molecule has 0 N–H and O–H groups in total. The van der Waals surface area contributed by atoms with Gasteiger partial charge in [0.2, 0.25) is 0 Å². The van der Waals surface area contributed by atoms with Crippen molar-refractivity contribution in [3.05, 3.63) is 192 Å². The maximum atomic E-state index is 14.6. The van der Waals surface area contributed by atoms with E-state index in [0.717, 1.165) is 72.5 Å². The van der Waals surface area contributed by atoms with Gasteiger partial charge in [0, 0.05) is 40.5 Å². The molecule has 0 fully saturated rings. The normalized spacial score (nSPS) is 13.7. The van der Waals surface area contributed by atoms with Crippen LogP contribution in [0.3, 0.4) is 0 Å². The number of halogens is 1. The summed E-state index contributed by atoms with van der Waals surface area (Å²) < 4.78 is 67.1. The van der Waals surface area contributed by atoms with Crippen molar-refractivity contribution in [1.82, 2.24) is 9.55 Å². The van der Waals surface area contributed by atoms with Crippen LogP contribution in [-0.4, -0.2) is 16.2 Å². The maximum absolute atomic E-state index is 14.6. The molecule has 0 saturated heterocycles. The van der Waals surface area contributed by atoms with Gasteiger partial charge in [-0.3, -0.25) is 4.57 Å². The molecule has 2 aromatic heterocycles. The quantitative estimate of drug-likeness (QED) is 0.146. The second-order valence-electron chi connectivity index (χ2n) is 16.3. The van der Waals surface area contributed by atoms with E-state index in [9.17, 15) is 4.39 Å². The zero-order chi connectivity index (χ0) is 46.1. The number of hydrogen-bond donors (Lipinski definition) is 0. The molecule has 0 bridgehead atoms. The number of benzene rings is 7. The summed E-state index contributed by atoms with van der Waals surface area (Å²) in [6.07, 6.45) is 1.81. The lowest BCUT2D eigenvalue weighted by molar-refractivity contribution is 0.483. The van der Waals surface area contributed by atoms with Crippen LogP contribution in [0.4, 0.5) is 27.1 Å². The van der Waals surface area contributed by atoms with Gasteiger partial charge in [0.15, 0.2) is 0 Å². The lowest BCUT2D eigenvalue weighted by Crippen LogP contribution is -2.26. The van der Waals surface area contributed by atoms with Crippen molar-refractivity contribution in [1.29, 1.82) is 0 Å². The molecule has 0 unspecified atom stereocenters. The van der Waals surface area contributed by atoms with E-state index in [1.54, 1.807) is 18.2 Å². The summed E-state index contributed by atoms with van der Waals surface area (Å²) in [4.78, 5) is 9.26.